The average molecular weight is 346 g/mol. The molecule has 1 saturated heterocycles. The van der Waals surface area contributed by atoms with Gasteiger partial charge in [-0.3, -0.25) is 4.79 Å². The van der Waals surface area contributed by atoms with E-state index in [1.165, 1.54) is 10.9 Å². The summed E-state index contributed by atoms with van der Waals surface area (Å²) >= 11 is 3.25. The molecule has 0 spiro atoms. The molecule has 1 aliphatic rings. The Morgan fingerprint density at radius 3 is 2.85 bits per heavy atom. The molecule has 8 nitrogen and oxygen atoms in total. The summed E-state index contributed by atoms with van der Waals surface area (Å²) in [5.41, 5.74) is -0.0113. The number of aromatic nitrogens is 3. The zero-order valence-corrected chi connectivity index (χ0v) is 11.7. The van der Waals surface area contributed by atoms with Gasteiger partial charge < -0.3 is 29.6 Å². The third-order valence-electron chi connectivity index (χ3n) is 3.36. The second kappa shape index (κ2) is 4.93. The first-order valence-corrected chi connectivity index (χ1v) is 6.70. The molecular formula is C11H12BrN3O5. The number of halogens is 1. The molecule has 20 heavy (non-hydrogen) atoms. The number of ether oxygens (including phenoxy) is 1. The fourth-order valence-electron chi connectivity index (χ4n) is 2.35. The van der Waals surface area contributed by atoms with Crippen LogP contribution in [0.2, 0.25) is 0 Å². The molecule has 3 rings (SSSR count). The molecule has 1 fully saturated rings. The van der Waals surface area contributed by atoms with Crippen molar-refractivity contribution in [1.29, 1.82) is 0 Å². The smallest absolute Gasteiger partial charge is 0.261 e. The number of aliphatic hydroxyl groups excluding tert-OH is 3. The Bertz CT molecular complexity index is 699. The number of nitrogens with one attached hydrogen (secondary N) is 1. The minimum Gasteiger partial charge on any atom is -0.394 e. The number of hydrogen-bond acceptors (Lipinski definition) is 6. The van der Waals surface area contributed by atoms with Crippen LogP contribution < -0.4 is 5.56 Å². The summed E-state index contributed by atoms with van der Waals surface area (Å²) in [6, 6.07) is 0. The van der Waals surface area contributed by atoms with E-state index < -0.39 is 31.1 Å². The zero-order valence-electron chi connectivity index (χ0n) is 10.1. The lowest BCUT2D eigenvalue weighted by Gasteiger charge is -2.17. The molecular weight excluding hydrogens is 334 g/mol. The molecule has 0 radical (unpaired) electrons. The number of aromatic amines is 1. The molecule has 2 aromatic heterocycles. The van der Waals surface area contributed by atoms with Crippen LogP contribution >= 0.6 is 15.9 Å². The highest BCUT2D eigenvalue weighted by Crippen LogP contribution is 2.33. The SMILES string of the molecule is O=c1[nH]cnc2c1c(Br)cn2[C@@H]1O[C@@H](CO)[C@@H](O)[C@H]1O. The second-order valence-corrected chi connectivity index (χ2v) is 5.40. The third-order valence-corrected chi connectivity index (χ3v) is 3.96. The maximum absolute atomic E-state index is 11.8. The summed E-state index contributed by atoms with van der Waals surface area (Å²) in [4.78, 5) is 18.3. The molecule has 108 valence electrons. The summed E-state index contributed by atoms with van der Waals surface area (Å²) in [5, 5.41) is 29.2. The fraction of sp³-hybridized carbons (Fsp3) is 0.455. The van der Waals surface area contributed by atoms with Crippen molar-refractivity contribution in [2.24, 2.45) is 0 Å². The number of hydrogen-bond donors (Lipinski definition) is 4. The van der Waals surface area contributed by atoms with Crippen LogP contribution in [0, 0.1) is 0 Å². The van der Waals surface area contributed by atoms with Crippen molar-refractivity contribution in [2.45, 2.75) is 24.5 Å². The van der Waals surface area contributed by atoms with Gasteiger partial charge in [-0.1, -0.05) is 0 Å². The van der Waals surface area contributed by atoms with Gasteiger partial charge in [-0.25, -0.2) is 4.98 Å². The van der Waals surface area contributed by atoms with Gasteiger partial charge in [0.15, 0.2) is 11.9 Å². The Morgan fingerprint density at radius 2 is 2.20 bits per heavy atom. The molecule has 0 aliphatic carbocycles. The highest BCUT2D eigenvalue weighted by Gasteiger charge is 2.44. The number of fused-ring (bicyclic) bond motifs is 1. The van der Waals surface area contributed by atoms with Gasteiger partial charge >= 0.3 is 0 Å². The van der Waals surface area contributed by atoms with E-state index in [-0.39, 0.29) is 5.56 Å². The van der Waals surface area contributed by atoms with Crippen molar-refractivity contribution in [2.75, 3.05) is 6.61 Å². The molecule has 9 heteroatoms. The Morgan fingerprint density at radius 1 is 1.45 bits per heavy atom. The molecule has 4 N–H and O–H groups in total. The van der Waals surface area contributed by atoms with Gasteiger partial charge in [-0.15, -0.1) is 0 Å². The standard InChI is InChI=1S/C11H12BrN3O5/c12-4-1-15(9-6(4)10(19)14-3-13-9)11-8(18)7(17)5(2-16)20-11/h1,3,5,7-8,11,16-18H,2H2,(H,13,14,19)/t5-,7+,8+,11+/m0/s1. The molecule has 0 bridgehead atoms. The summed E-state index contributed by atoms with van der Waals surface area (Å²) < 4.78 is 7.38. The van der Waals surface area contributed by atoms with Gasteiger partial charge in [-0.05, 0) is 15.9 Å². The summed E-state index contributed by atoms with van der Waals surface area (Å²) in [6.07, 6.45) is -1.44. The van der Waals surface area contributed by atoms with Crippen molar-refractivity contribution in [3.63, 3.8) is 0 Å². The largest absolute Gasteiger partial charge is 0.394 e. The number of nitrogens with zero attached hydrogens (tertiary/aromatic N) is 2. The molecule has 0 amide bonds. The van der Waals surface area contributed by atoms with Crippen LogP contribution in [0.5, 0.6) is 0 Å². The van der Waals surface area contributed by atoms with Gasteiger partial charge in [-0.2, -0.15) is 0 Å². The van der Waals surface area contributed by atoms with E-state index in [1.807, 2.05) is 0 Å². The quantitative estimate of drug-likeness (QED) is 0.559. The number of H-pyrrole nitrogens is 1. The molecule has 3 heterocycles. The second-order valence-electron chi connectivity index (χ2n) is 4.54. The monoisotopic (exact) mass is 345 g/mol. The van der Waals surface area contributed by atoms with Crippen LogP contribution in [-0.4, -0.2) is 54.8 Å². The van der Waals surface area contributed by atoms with Crippen LogP contribution in [0.4, 0.5) is 0 Å². The van der Waals surface area contributed by atoms with E-state index in [0.717, 1.165) is 0 Å². The summed E-state index contributed by atoms with van der Waals surface area (Å²) in [6.45, 7) is -0.414. The van der Waals surface area contributed by atoms with Crippen molar-refractivity contribution >= 4 is 27.0 Å². The molecule has 4 atom stereocenters. The van der Waals surface area contributed by atoms with Crippen molar-refractivity contribution < 1.29 is 20.1 Å². The van der Waals surface area contributed by atoms with Crippen LogP contribution in [0.15, 0.2) is 21.8 Å². The lowest BCUT2D eigenvalue weighted by Crippen LogP contribution is -2.33. The molecule has 1 aliphatic heterocycles. The van der Waals surface area contributed by atoms with Crippen LogP contribution in [0.3, 0.4) is 0 Å². The lowest BCUT2D eigenvalue weighted by atomic mass is 10.1. The molecule has 2 aromatic rings. The Hall–Kier alpha value is -1.26. The maximum atomic E-state index is 11.8. The lowest BCUT2D eigenvalue weighted by molar-refractivity contribution is -0.0509. The zero-order chi connectivity index (χ0) is 14.4. The molecule has 0 aromatic carbocycles. The predicted molar refractivity (Wildman–Crippen MR) is 71.1 cm³/mol. The van der Waals surface area contributed by atoms with Gasteiger partial charge in [0, 0.05) is 6.20 Å². The molecule has 0 unspecified atom stereocenters. The van der Waals surface area contributed by atoms with Gasteiger partial charge in [0.05, 0.1) is 22.8 Å². The minimum absolute atomic E-state index is 0.315. The van der Waals surface area contributed by atoms with Crippen molar-refractivity contribution in [3.8, 4) is 0 Å². The Balaban J connectivity index is 2.12. The van der Waals surface area contributed by atoms with Crippen LogP contribution in [0.25, 0.3) is 11.0 Å². The summed E-state index contributed by atoms with van der Waals surface area (Å²) in [7, 11) is 0. The first-order valence-electron chi connectivity index (χ1n) is 5.90. The first-order chi connectivity index (χ1) is 9.54. The Labute approximate surface area is 120 Å². The predicted octanol–water partition coefficient (Wildman–Crippen LogP) is -0.901. The van der Waals surface area contributed by atoms with E-state index >= 15 is 0 Å². The highest BCUT2D eigenvalue weighted by molar-refractivity contribution is 9.10. The van der Waals surface area contributed by atoms with Crippen LogP contribution in [0.1, 0.15) is 6.23 Å². The van der Waals surface area contributed by atoms with Crippen molar-refractivity contribution in [1.82, 2.24) is 14.5 Å². The average Bonchev–Trinajstić information content (AvgIpc) is 2.90. The van der Waals surface area contributed by atoms with E-state index in [0.29, 0.717) is 15.5 Å². The van der Waals surface area contributed by atoms with Crippen molar-refractivity contribution in [3.05, 3.63) is 27.4 Å². The van der Waals surface area contributed by atoms with Gasteiger partial charge in [0.1, 0.15) is 18.3 Å². The summed E-state index contributed by atoms with van der Waals surface area (Å²) in [5.74, 6) is 0. The van der Waals surface area contributed by atoms with Gasteiger partial charge in [0.2, 0.25) is 0 Å². The minimum atomic E-state index is -1.23. The Kier molecular flexibility index (Phi) is 3.38. The van der Waals surface area contributed by atoms with Gasteiger partial charge in [0.25, 0.3) is 5.56 Å². The number of rotatable bonds is 2. The van der Waals surface area contributed by atoms with Crippen LogP contribution in [-0.2, 0) is 4.74 Å². The van der Waals surface area contributed by atoms with E-state index in [9.17, 15) is 15.0 Å². The maximum Gasteiger partial charge on any atom is 0.261 e. The normalized spacial score (nSPS) is 30.2. The topological polar surface area (TPSA) is 121 Å². The van der Waals surface area contributed by atoms with E-state index in [1.54, 1.807) is 6.20 Å². The van der Waals surface area contributed by atoms with E-state index in [4.69, 9.17) is 9.84 Å². The third kappa shape index (κ3) is 1.90. The van der Waals surface area contributed by atoms with E-state index in [2.05, 4.69) is 25.9 Å². The molecule has 0 saturated carbocycles. The number of aliphatic hydroxyl groups is 3. The first kappa shape index (κ1) is 13.7. The highest BCUT2D eigenvalue weighted by atomic mass is 79.9. The fourth-order valence-corrected chi connectivity index (χ4v) is 2.93.